The highest BCUT2D eigenvalue weighted by Gasteiger charge is 2.23. The molecule has 104 valence electrons. The van der Waals surface area contributed by atoms with E-state index >= 15 is 0 Å². The maximum atomic E-state index is 11.4. The fraction of sp³-hybridized carbons (Fsp3) is 0.909. The number of halogens is 2. The van der Waals surface area contributed by atoms with Gasteiger partial charge in [0.2, 0.25) is 5.91 Å². The summed E-state index contributed by atoms with van der Waals surface area (Å²) in [5, 5.41) is 0. The smallest absolute Gasteiger partial charge is 0.236 e. The lowest BCUT2D eigenvalue weighted by atomic mass is 10.0. The van der Waals surface area contributed by atoms with Crippen molar-refractivity contribution in [2.75, 3.05) is 33.2 Å². The molecule has 2 N–H and O–H groups in total. The summed E-state index contributed by atoms with van der Waals surface area (Å²) in [7, 11) is 1.87. The second-order valence-corrected chi connectivity index (χ2v) is 4.28. The van der Waals surface area contributed by atoms with E-state index in [9.17, 15) is 4.79 Å². The van der Waals surface area contributed by atoms with Gasteiger partial charge in [-0.05, 0) is 25.8 Å². The van der Waals surface area contributed by atoms with Gasteiger partial charge in [-0.15, -0.1) is 24.8 Å². The average Bonchev–Trinajstić information content (AvgIpc) is 2.28. The molecule has 0 aromatic heterocycles. The quantitative estimate of drug-likeness (QED) is 0.842. The van der Waals surface area contributed by atoms with Gasteiger partial charge in [0.25, 0.3) is 0 Å². The van der Waals surface area contributed by atoms with Crippen LogP contribution in [0, 0.1) is 0 Å². The summed E-state index contributed by atoms with van der Waals surface area (Å²) in [5.74, 6) is 0.0592. The van der Waals surface area contributed by atoms with E-state index in [1.165, 1.54) is 13.0 Å². The fourth-order valence-corrected chi connectivity index (χ4v) is 2.19. The molecule has 0 saturated carbocycles. The van der Waals surface area contributed by atoms with Crippen LogP contribution >= 0.6 is 24.8 Å². The third kappa shape index (κ3) is 5.91. The molecule has 0 radical (unpaired) electrons. The van der Waals surface area contributed by atoms with Crippen molar-refractivity contribution in [3.05, 3.63) is 0 Å². The van der Waals surface area contributed by atoms with Gasteiger partial charge in [0.1, 0.15) is 0 Å². The normalized spacial score (nSPS) is 16.9. The second kappa shape index (κ2) is 9.95. The Morgan fingerprint density at radius 3 is 2.29 bits per heavy atom. The van der Waals surface area contributed by atoms with Crippen LogP contribution in [-0.4, -0.2) is 55.0 Å². The van der Waals surface area contributed by atoms with Gasteiger partial charge >= 0.3 is 0 Å². The summed E-state index contributed by atoms with van der Waals surface area (Å²) in [6, 6.07) is 0.397. The van der Waals surface area contributed by atoms with Crippen LogP contribution in [0.15, 0.2) is 0 Å². The molecule has 1 rings (SSSR count). The molecule has 0 unspecified atom stereocenters. The largest absolute Gasteiger partial charge is 0.342 e. The molecule has 0 aliphatic carbocycles. The summed E-state index contributed by atoms with van der Waals surface area (Å²) in [6.45, 7) is 5.74. The van der Waals surface area contributed by atoms with Crippen molar-refractivity contribution >= 4 is 30.7 Å². The highest BCUT2D eigenvalue weighted by Crippen LogP contribution is 2.15. The number of piperidine rings is 1. The van der Waals surface area contributed by atoms with Crippen molar-refractivity contribution in [1.82, 2.24) is 9.80 Å². The molecule has 0 spiro atoms. The Hall–Kier alpha value is -0.0300. The van der Waals surface area contributed by atoms with E-state index in [1.807, 2.05) is 11.9 Å². The fourth-order valence-electron chi connectivity index (χ4n) is 2.19. The molecule has 0 aromatic carbocycles. The summed E-state index contributed by atoms with van der Waals surface area (Å²) in [4.78, 5) is 15.7. The van der Waals surface area contributed by atoms with Crippen molar-refractivity contribution in [3.8, 4) is 0 Å². The molecule has 1 aliphatic rings. The van der Waals surface area contributed by atoms with E-state index in [0.29, 0.717) is 6.04 Å². The first kappa shape index (κ1) is 19.3. The first-order valence-electron chi connectivity index (χ1n) is 5.87. The SMILES string of the molecule is CCCN1CCC(N(C)C(=O)CN)CC1.Cl.Cl. The van der Waals surface area contributed by atoms with Crippen molar-refractivity contribution < 1.29 is 4.79 Å². The lowest BCUT2D eigenvalue weighted by Crippen LogP contribution is -2.47. The van der Waals surface area contributed by atoms with Crippen LogP contribution in [0.25, 0.3) is 0 Å². The number of rotatable bonds is 4. The minimum absolute atomic E-state index is 0. The second-order valence-electron chi connectivity index (χ2n) is 4.28. The number of hydrogen-bond donors (Lipinski definition) is 1. The Morgan fingerprint density at radius 2 is 1.88 bits per heavy atom. The average molecular weight is 286 g/mol. The van der Waals surface area contributed by atoms with E-state index in [1.54, 1.807) is 0 Å². The van der Waals surface area contributed by atoms with Gasteiger partial charge in [-0.2, -0.15) is 0 Å². The number of amides is 1. The zero-order valence-corrected chi connectivity index (χ0v) is 12.4. The highest BCUT2D eigenvalue weighted by atomic mass is 35.5. The molecule has 1 amide bonds. The third-order valence-corrected chi connectivity index (χ3v) is 3.21. The topological polar surface area (TPSA) is 49.6 Å². The molecule has 1 fully saturated rings. The van der Waals surface area contributed by atoms with Gasteiger partial charge in [0.05, 0.1) is 6.54 Å². The highest BCUT2D eigenvalue weighted by molar-refractivity contribution is 5.85. The van der Waals surface area contributed by atoms with E-state index in [2.05, 4.69) is 11.8 Å². The number of carbonyl (C=O) groups is 1. The lowest BCUT2D eigenvalue weighted by Gasteiger charge is -2.36. The minimum atomic E-state index is 0. The Bertz CT molecular complexity index is 209. The maximum absolute atomic E-state index is 11.4. The molecular weight excluding hydrogens is 261 g/mol. The Morgan fingerprint density at radius 1 is 1.35 bits per heavy atom. The van der Waals surface area contributed by atoms with E-state index in [4.69, 9.17) is 5.73 Å². The van der Waals surface area contributed by atoms with Crippen molar-refractivity contribution in [1.29, 1.82) is 0 Å². The minimum Gasteiger partial charge on any atom is -0.342 e. The Labute approximate surface area is 117 Å². The molecule has 0 aromatic rings. The molecule has 1 heterocycles. The van der Waals surface area contributed by atoms with Crippen LogP contribution in [0.1, 0.15) is 26.2 Å². The molecule has 0 atom stereocenters. The molecule has 4 nitrogen and oxygen atoms in total. The molecule has 0 bridgehead atoms. The lowest BCUT2D eigenvalue weighted by molar-refractivity contribution is -0.131. The number of likely N-dealkylation sites (N-methyl/N-ethyl adjacent to an activating group) is 1. The van der Waals surface area contributed by atoms with Crippen molar-refractivity contribution in [3.63, 3.8) is 0 Å². The molecule has 1 saturated heterocycles. The van der Waals surface area contributed by atoms with Crippen molar-refractivity contribution in [2.24, 2.45) is 5.73 Å². The Balaban J connectivity index is 0. The van der Waals surface area contributed by atoms with Crippen LogP contribution in [-0.2, 0) is 4.79 Å². The number of nitrogens with zero attached hydrogens (tertiary/aromatic N) is 2. The summed E-state index contributed by atoms with van der Waals surface area (Å²) >= 11 is 0. The first-order valence-corrected chi connectivity index (χ1v) is 5.87. The van der Waals surface area contributed by atoms with Crippen LogP contribution in [0.3, 0.4) is 0 Å². The summed E-state index contributed by atoms with van der Waals surface area (Å²) < 4.78 is 0. The van der Waals surface area contributed by atoms with Gasteiger partial charge in [-0.3, -0.25) is 4.79 Å². The maximum Gasteiger partial charge on any atom is 0.236 e. The van der Waals surface area contributed by atoms with Crippen molar-refractivity contribution in [2.45, 2.75) is 32.2 Å². The van der Waals surface area contributed by atoms with Gasteiger partial charge in [0.15, 0.2) is 0 Å². The van der Waals surface area contributed by atoms with Gasteiger partial charge < -0.3 is 15.5 Å². The predicted octanol–water partition coefficient (Wildman–Crippen LogP) is 1.12. The van der Waals surface area contributed by atoms with Crippen LogP contribution in [0.5, 0.6) is 0 Å². The number of carbonyl (C=O) groups excluding carboxylic acids is 1. The van der Waals surface area contributed by atoms with Crippen LogP contribution < -0.4 is 5.73 Å². The first-order chi connectivity index (χ1) is 7.19. The van der Waals surface area contributed by atoms with Gasteiger partial charge in [-0.25, -0.2) is 0 Å². The summed E-state index contributed by atoms with van der Waals surface area (Å²) in [5.41, 5.74) is 5.35. The molecule has 1 aliphatic heterocycles. The summed E-state index contributed by atoms with van der Waals surface area (Å²) in [6.07, 6.45) is 3.38. The monoisotopic (exact) mass is 285 g/mol. The standard InChI is InChI=1S/C11H23N3O.2ClH/c1-3-6-14-7-4-10(5-8-14)13(2)11(15)9-12;;/h10H,3-9,12H2,1-2H3;2*1H. The molecule has 6 heteroatoms. The third-order valence-electron chi connectivity index (χ3n) is 3.21. The van der Waals surface area contributed by atoms with Crippen LogP contribution in [0.4, 0.5) is 0 Å². The Kier molecular flexibility index (Phi) is 11.3. The number of nitrogens with two attached hydrogens (primary N) is 1. The van der Waals surface area contributed by atoms with Gasteiger partial charge in [-0.1, -0.05) is 6.92 Å². The molecular formula is C11H25Cl2N3O. The van der Waals surface area contributed by atoms with E-state index < -0.39 is 0 Å². The van der Waals surface area contributed by atoms with E-state index in [-0.39, 0.29) is 37.3 Å². The van der Waals surface area contributed by atoms with Crippen LogP contribution in [0.2, 0.25) is 0 Å². The van der Waals surface area contributed by atoms with Gasteiger partial charge in [0, 0.05) is 26.2 Å². The predicted molar refractivity (Wildman–Crippen MR) is 76.1 cm³/mol. The van der Waals surface area contributed by atoms with E-state index in [0.717, 1.165) is 25.9 Å². The number of hydrogen-bond acceptors (Lipinski definition) is 3. The zero-order chi connectivity index (χ0) is 11.3. The number of likely N-dealkylation sites (tertiary alicyclic amines) is 1. The zero-order valence-electron chi connectivity index (χ0n) is 10.7. The molecule has 17 heavy (non-hydrogen) atoms.